The maximum atomic E-state index is 13.6. The monoisotopic (exact) mass is 486 g/mol. The summed E-state index contributed by atoms with van der Waals surface area (Å²) in [5.74, 6) is -3.87. The van der Waals surface area contributed by atoms with Gasteiger partial charge in [0, 0.05) is 23.4 Å². The van der Waals surface area contributed by atoms with Crippen LogP contribution in [-0.2, 0) is 15.8 Å². The fourth-order valence-corrected chi connectivity index (χ4v) is 3.81. The number of halogens is 4. The number of nitro benzene ring substituents is 1. The third-order valence-electron chi connectivity index (χ3n) is 5.41. The molecule has 1 N–H and O–H groups in total. The largest absolute Gasteiger partial charge is 0.507 e. The smallest absolute Gasteiger partial charge is 0.416 e. The Balaban J connectivity index is 1.95. The summed E-state index contributed by atoms with van der Waals surface area (Å²) < 4.78 is 53.5. The molecule has 3 aromatic rings. The molecule has 35 heavy (non-hydrogen) atoms. The molecular weight excluding hydrogens is 472 g/mol. The summed E-state index contributed by atoms with van der Waals surface area (Å²) in [4.78, 5) is 37.2. The van der Waals surface area contributed by atoms with E-state index in [1.807, 2.05) is 0 Å². The molecule has 11 heteroatoms. The number of rotatable bonds is 4. The molecule has 1 amide bonds. The van der Waals surface area contributed by atoms with E-state index in [0.29, 0.717) is 6.07 Å². The minimum Gasteiger partial charge on any atom is -0.507 e. The third kappa shape index (κ3) is 4.35. The van der Waals surface area contributed by atoms with Crippen molar-refractivity contribution in [2.75, 3.05) is 4.90 Å². The molecule has 0 aliphatic carbocycles. The number of benzene rings is 3. The van der Waals surface area contributed by atoms with Gasteiger partial charge in [-0.05, 0) is 35.9 Å². The van der Waals surface area contributed by atoms with Crippen molar-refractivity contribution in [2.45, 2.75) is 12.2 Å². The topological polar surface area (TPSA) is 101 Å². The zero-order valence-electron chi connectivity index (χ0n) is 17.5. The molecule has 1 heterocycles. The number of non-ortho nitro benzene ring substituents is 1. The van der Waals surface area contributed by atoms with Crippen molar-refractivity contribution >= 4 is 28.8 Å². The quantitative estimate of drug-likeness (QED) is 0.133. The molecule has 0 bridgehead atoms. The van der Waals surface area contributed by atoms with Gasteiger partial charge >= 0.3 is 6.18 Å². The molecule has 0 aromatic heterocycles. The van der Waals surface area contributed by atoms with E-state index in [-0.39, 0.29) is 16.8 Å². The molecule has 7 nitrogen and oxygen atoms in total. The molecule has 178 valence electrons. The van der Waals surface area contributed by atoms with E-state index < -0.39 is 57.2 Å². The van der Waals surface area contributed by atoms with Crippen LogP contribution >= 0.6 is 0 Å². The Labute approximate surface area is 194 Å². The second kappa shape index (κ2) is 8.67. The molecule has 3 aromatic carbocycles. The van der Waals surface area contributed by atoms with Gasteiger partial charge in [-0.1, -0.05) is 30.3 Å². The minimum absolute atomic E-state index is 0.120. The standard InChI is InChI=1S/C24H14F4N2O5/c25-16-9-7-13(8-10-16)20-19(21(31)14-3-1-6-18(11-14)30(34)35)22(32)23(33)29(20)17-5-2-4-15(12-17)24(26,27)28/h1-12,20,31H/b21-19-. The van der Waals surface area contributed by atoms with Crippen molar-refractivity contribution in [3.05, 3.63) is 111 Å². The fourth-order valence-electron chi connectivity index (χ4n) is 3.81. The Bertz CT molecular complexity index is 1380. The van der Waals surface area contributed by atoms with Crippen LogP contribution in [0, 0.1) is 15.9 Å². The molecule has 1 aliphatic rings. The highest BCUT2D eigenvalue weighted by molar-refractivity contribution is 6.51. The van der Waals surface area contributed by atoms with Gasteiger partial charge in [0.1, 0.15) is 11.6 Å². The number of anilines is 1. The van der Waals surface area contributed by atoms with Gasteiger partial charge in [0.2, 0.25) is 0 Å². The van der Waals surface area contributed by atoms with Gasteiger partial charge in [0.05, 0.1) is 22.1 Å². The van der Waals surface area contributed by atoms with E-state index in [0.717, 1.165) is 41.3 Å². The average molecular weight is 486 g/mol. The zero-order valence-corrected chi connectivity index (χ0v) is 17.5. The van der Waals surface area contributed by atoms with E-state index in [2.05, 4.69) is 0 Å². The highest BCUT2D eigenvalue weighted by Crippen LogP contribution is 2.43. The lowest BCUT2D eigenvalue weighted by molar-refractivity contribution is -0.384. The first-order chi connectivity index (χ1) is 16.5. The molecule has 1 fully saturated rings. The lowest BCUT2D eigenvalue weighted by Crippen LogP contribution is -2.29. The zero-order chi connectivity index (χ0) is 25.5. The summed E-state index contributed by atoms with van der Waals surface area (Å²) in [6, 6.07) is 11.4. The van der Waals surface area contributed by atoms with Crippen molar-refractivity contribution < 1.29 is 37.2 Å². The summed E-state index contributed by atoms with van der Waals surface area (Å²) in [7, 11) is 0. The Morgan fingerprint density at radius 2 is 1.63 bits per heavy atom. The van der Waals surface area contributed by atoms with Crippen LogP contribution in [0.3, 0.4) is 0 Å². The maximum Gasteiger partial charge on any atom is 0.416 e. The number of nitro groups is 1. The molecular formula is C24H14F4N2O5. The van der Waals surface area contributed by atoms with Crippen LogP contribution in [0.4, 0.5) is 28.9 Å². The number of Topliss-reactive ketones (excluding diaryl/α,β-unsaturated/α-hetero) is 1. The van der Waals surface area contributed by atoms with Crippen LogP contribution in [0.15, 0.2) is 78.4 Å². The molecule has 0 saturated carbocycles. The lowest BCUT2D eigenvalue weighted by atomic mass is 9.95. The molecule has 1 saturated heterocycles. The predicted molar refractivity (Wildman–Crippen MR) is 116 cm³/mol. The van der Waals surface area contributed by atoms with Crippen LogP contribution in [0.1, 0.15) is 22.7 Å². The number of carbonyl (C=O) groups excluding carboxylic acids is 2. The van der Waals surface area contributed by atoms with E-state index in [4.69, 9.17) is 0 Å². The van der Waals surface area contributed by atoms with Gasteiger partial charge in [-0.15, -0.1) is 0 Å². The van der Waals surface area contributed by atoms with Crippen molar-refractivity contribution in [3.8, 4) is 0 Å². The second-order valence-corrected chi connectivity index (χ2v) is 7.58. The number of ketones is 1. The molecule has 1 unspecified atom stereocenters. The fraction of sp³-hybridized carbons (Fsp3) is 0.0833. The normalized spacial score (nSPS) is 17.6. The van der Waals surface area contributed by atoms with E-state index >= 15 is 0 Å². The van der Waals surface area contributed by atoms with Crippen LogP contribution < -0.4 is 4.90 Å². The van der Waals surface area contributed by atoms with Crippen molar-refractivity contribution in [1.29, 1.82) is 0 Å². The predicted octanol–water partition coefficient (Wildman–Crippen LogP) is 5.38. The summed E-state index contributed by atoms with van der Waals surface area (Å²) in [6.45, 7) is 0. The second-order valence-electron chi connectivity index (χ2n) is 7.58. The average Bonchev–Trinajstić information content (AvgIpc) is 3.09. The number of aliphatic hydroxyl groups is 1. The van der Waals surface area contributed by atoms with Gasteiger partial charge in [-0.3, -0.25) is 24.6 Å². The van der Waals surface area contributed by atoms with Gasteiger partial charge in [0.25, 0.3) is 17.4 Å². The van der Waals surface area contributed by atoms with Gasteiger partial charge < -0.3 is 5.11 Å². The number of amides is 1. The Kier molecular flexibility index (Phi) is 5.85. The van der Waals surface area contributed by atoms with E-state index in [1.54, 1.807) is 0 Å². The third-order valence-corrected chi connectivity index (χ3v) is 5.41. The number of hydrogen-bond donors (Lipinski definition) is 1. The van der Waals surface area contributed by atoms with Crippen LogP contribution in [0.5, 0.6) is 0 Å². The first-order valence-electron chi connectivity index (χ1n) is 9.97. The summed E-state index contributed by atoms with van der Waals surface area (Å²) in [5.41, 5.74) is -2.31. The van der Waals surface area contributed by atoms with Crippen molar-refractivity contribution in [3.63, 3.8) is 0 Å². The number of nitrogens with zero attached hydrogens (tertiary/aromatic N) is 2. The number of alkyl halides is 3. The summed E-state index contributed by atoms with van der Waals surface area (Å²) >= 11 is 0. The Morgan fingerprint density at radius 1 is 0.971 bits per heavy atom. The highest BCUT2D eigenvalue weighted by atomic mass is 19.4. The Hall–Kier alpha value is -4.54. The van der Waals surface area contributed by atoms with E-state index in [1.165, 1.54) is 30.3 Å². The first kappa shape index (κ1) is 23.6. The molecule has 1 atom stereocenters. The first-order valence-corrected chi connectivity index (χ1v) is 9.97. The highest BCUT2D eigenvalue weighted by Gasteiger charge is 2.47. The maximum absolute atomic E-state index is 13.6. The number of carbonyl (C=O) groups is 2. The lowest BCUT2D eigenvalue weighted by Gasteiger charge is -2.26. The Morgan fingerprint density at radius 3 is 2.26 bits per heavy atom. The van der Waals surface area contributed by atoms with Crippen LogP contribution in [-0.4, -0.2) is 21.7 Å². The van der Waals surface area contributed by atoms with E-state index in [9.17, 15) is 42.4 Å². The molecule has 0 radical (unpaired) electrons. The minimum atomic E-state index is -4.74. The van der Waals surface area contributed by atoms with Gasteiger partial charge in [-0.2, -0.15) is 13.2 Å². The molecule has 4 rings (SSSR count). The van der Waals surface area contributed by atoms with Crippen molar-refractivity contribution in [2.24, 2.45) is 0 Å². The number of aliphatic hydroxyl groups excluding tert-OH is 1. The molecule has 1 aliphatic heterocycles. The molecule has 0 spiro atoms. The van der Waals surface area contributed by atoms with Gasteiger partial charge in [0.15, 0.2) is 0 Å². The van der Waals surface area contributed by atoms with Gasteiger partial charge in [-0.25, -0.2) is 4.39 Å². The van der Waals surface area contributed by atoms with Crippen LogP contribution in [0.2, 0.25) is 0 Å². The summed E-state index contributed by atoms with van der Waals surface area (Å²) in [6.07, 6.45) is -4.74. The van der Waals surface area contributed by atoms with Crippen LogP contribution in [0.25, 0.3) is 5.76 Å². The number of hydrogen-bond acceptors (Lipinski definition) is 5. The SMILES string of the molecule is O=C1C(=O)N(c2cccc(C(F)(F)F)c2)C(c2ccc(F)cc2)/C1=C(/O)c1cccc([N+](=O)[O-])c1. The summed E-state index contributed by atoms with van der Waals surface area (Å²) in [5, 5.41) is 22.1. The van der Waals surface area contributed by atoms with Crippen molar-refractivity contribution in [1.82, 2.24) is 0 Å².